The molecule has 0 aliphatic carbocycles. The second-order valence-electron chi connectivity index (χ2n) is 3.81. The number of hydrogen-bond donors (Lipinski definition) is 2. The number of carbonyl (C=O) groups is 1. The Morgan fingerprint density at radius 2 is 2.00 bits per heavy atom. The highest BCUT2D eigenvalue weighted by Gasteiger charge is 2.01. The molecule has 2 rings (SSSR count). The molecule has 0 atom stereocenters. The van der Waals surface area contributed by atoms with E-state index in [1.807, 2.05) is 35.7 Å². The Morgan fingerprint density at radius 3 is 2.61 bits per heavy atom. The van der Waals surface area contributed by atoms with Crippen molar-refractivity contribution >= 4 is 23.4 Å². The summed E-state index contributed by atoms with van der Waals surface area (Å²) in [6.45, 7) is 0.538. The Hall–Kier alpha value is -1.91. The fourth-order valence-electron chi connectivity index (χ4n) is 1.58. The summed E-state index contributed by atoms with van der Waals surface area (Å²) in [5, 5.41) is 10.6. The van der Waals surface area contributed by atoms with Crippen LogP contribution in [0.1, 0.15) is 10.4 Å². The van der Waals surface area contributed by atoms with E-state index < -0.39 is 5.97 Å². The number of benzene rings is 1. The van der Waals surface area contributed by atoms with E-state index in [9.17, 15) is 4.79 Å². The number of thiophene rings is 1. The number of nitrogens with two attached hydrogens (primary N) is 1. The lowest BCUT2D eigenvalue weighted by Crippen LogP contribution is -1.94. The SMILES string of the molecule is NCc1ccc(-c2csc(/C=C/C(=O)O)c2)cc1. The highest BCUT2D eigenvalue weighted by atomic mass is 32.1. The Kier molecular flexibility index (Phi) is 3.92. The van der Waals surface area contributed by atoms with Gasteiger partial charge in [0.05, 0.1) is 0 Å². The molecular formula is C14H13NO2S. The molecule has 0 amide bonds. The minimum Gasteiger partial charge on any atom is -0.478 e. The van der Waals surface area contributed by atoms with Crippen molar-refractivity contribution in [2.75, 3.05) is 0 Å². The molecule has 2 aromatic rings. The van der Waals surface area contributed by atoms with E-state index in [0.717, 1.165) is 27.6 Å². The summed E-state index contributed by atoms with van der Waals surface area (Å²) in [4.78, 5) is 11.4. The molecule has 18 heavy (non-hydrogen) atoms. The van der Waals surface area contributed by atoms with Gasteiger partial charge in [0.1, 0.15) is 0 Å². The molecule has 92 valence electrons. The van der Waals surface area contributed by atoms with Crippen molar-refractivity contribution < 1.29 is 9.90 Å². The van der Waals surface area contributed by atoms with Crippen molar-refractivity contribution in [1.29, 1.82) is 0 Å². The predicted octanol–water partition coefficient (Wildman–Crippen LogP) is 2.97. The summed E-state index contributed by atoms with van der Waals surface area (Å²) >= 11 is 1.52. The van der Waals surface area contributed by atoms with E-state index in [0.29, 0.717) is 6.54 Å². The van der Waals surface area contributed by atoms with E-state index >= 15 is 0 Å². The Bertz CT molecular complexity index is 570. The second kappa shape index (κ2) is 5.62. The van der Waals surface area contributed by atoms with Gasteiger partial charge in [-0.15, -0.1) is 11.3 Å². The summed E-state index contributed by atoms with van der Waals surface area (Å²) in [6, 6.07) is 10.0. The standard InChI is InChI=1S/C14H13NO2S/c15-8-10-1-3-11(4-2-10)12-7-13(18-9-12)5-6-14(16)17/h1-7,9H,8,15H2,(H,16,17)/b6-5+. The Labute approximate surface area is 109 Å². The Morgan fingerprint density at radius 1 is 1.28 bits per heavy atom. The zero-order chi connectivity index (χ0) is 13.0. The maximum atomic E-state index is 10.4. The van der Waals surface area contributed by atoms with Gasteiger partial charge in [-0.05, 0) is 34.2 Å². The average Bonchev–Trinajstić information content (AvgIpc) is 2.85. The first-order valence-corrected chi connectivity index (χ1v) is 6.36. The molecule has 0 fully saturated rings. The number of aliphatic carboxylic acids is 1. The molecule has 1 aromatic carbocycles. The zero-order valence-electron chi connectivity index (χ0n) is 9.67. The molecule has 0 radical (unpaired) electrons. The highest BCUT2D eigenvalue weighted by Crippen LogP contribution is 2.26. The first-order chi connectivity index (χ1) is 8.69. The second-order valence-corrected chi connectivity index (χ2v) is 4.75. The molecule has 1 aromatic heterocycles. The van der Waals surface area contributed by atoms with E-state index in [-0.39, 0.29) is 0 Å². The van der Waals surface area contributed by atoms with E-state index in [1.54, 1.807) is 6.08 Å². The van der Waals surface area contributed by atoms with Gasteiger partial charge in [0, 0.05) is 17.5 Å². The van der Waals surface area contributed by atoms with Gasteiger partial charge >= 0.3 is 5.97 Å². The molecule has 0 bridgehead atoms. The Balaban J connectivity index is 2.20. The summed E-state index contributed by atoms with van der Waals surface area (Å²) in [5.41, 5.74) is 8.85. The zero-order valence-corrected chi connectivity index (χ0v) is 10.5. The smallest absolute Gasteiger partial charge is 0.328 e. The van der Waals surface area contributed by atoms with Gasteiger partial charge in [-0.25, -0.2) is 4.79 Å². The van der Waals surface area contributed by atoms with Gasteiger partial charge < -0.3 is 10.8 Å². The van der Waals surface area contributed by atoms with Crippen LogP contribution in [-0.4, -0.2) is 11.1 Å². The number of hydrogen-bond acceptors (Lipinski definition) is 3. The molecule has 0 saturated heterocycles. The number of carboxylic acid groups (broad SMARTS) is 1. The summed E-state index contributed by atoms with van der Waals surface area (Å²) in [5.74, 6) is -0.933. The third-order valence-electron chi connectivity index (χ3n) is 2.53. The summed E-state index contributed by atoms with van der Waals surface area (Å²) < 4.78 is 0. The lowest BCUT2D eigenvalue weighted by Gasteiger charge is -1.99. The van der Waals surface area contributed by atoms with Crippen LogP contribution in [0.5, 0.6) is 0 Å². The first kappa shape index (κ1) is 12.5. The van der Waals surface area contributed by atoms with E-state index in [4.69, 9.17) is 10.8 Å². The monoisotopic (exact) mass is 259 g/mol. The normalized spacial score (nSPS) is 10.9. The molecule has 0 spiro atoms. The fraction of sp³-hybridized carbons (Fsp3) is 0.0714. The predicted molar refractivity (Wildman–Crippen MR) is 74.3 cm³/mol. The van der Waals surface area contributed by atoms with Gasteiger partial charge in [0.15, 0.2) is 0 Å². The third kappa shape index (κ3) is 3.06. The van der Waals surface area contributed by atoms with Crippen LogP contribution in [0.2, 0.25) is 0 Å². The average molecular weight is 259 g/mol. The fourth-order valence-corrected chi connectivity index (χ4v) is 2.39. The van der Waals surface area contributed by atoms with Crippen LogP contribution in [-0.2, 0) is 11.3 Å². The third-order valence-corrected chi connectivity index (χ3v) is 3.43. The largest absolute Gasteiger partial charge is 0.478 e. The molecule has 0 aliphatic heterocycles. The van der Waals surface area contributed by atoms with Gasteiger partial charge in [0.25, 0.3) is 0 Å². The molecule has 3 nitrogen and oxygen atoms in total. The number of carboxylic acids is 1. The minimum atomic E-state index is -0.933. The van der Waals surface area contributed by atoms with Crippen LogP contribution >= 0.6 is 11.3 Å². The van der Waals surface area contributed by atoms with Crippen molar-refractivity contribution in [3.8, 4) is 11.1 Å². The van der Waals surface area contributed by atoms with Crippen LogP contribution in [0.15, 0.2) is 41.8 Å². The quantitative estimate of drug-likeness (QED) is 0.830. The molecule has 0 aliphatic rings. The highest BCUT2D eigenvalue weighted by molar-refractivity contribution is 7.11. The topological polar surface area (TPSA) is 63.3 Å². The van der Waals surface area contributed by atoms with Crippen molar-refractivity contribution in [1.82, 2.24) is 0 Å². The van der Waals surface area contributed by atoms with Crippen LogP contribution in [0.3, 0.4) is 0 Å². The molecular weight excluding hydrogens is 246 g/mol. The summed E-state index contributed by atoms with van der Waals surface area (Å²) in [7, 11) is 0. The van der Waals surface area contributed by atoms with Gasteiger partial charge in [0.2, 0.25) is 0 Å². The van der Waals surface area contributed by atoms with Crippen molar-refractivity contribution in [2.24, 2.45) is 5.73 Å². The van der Waals surface area contributed by atoms with Gasteiger partial charge in [-0.1, -0.05) is 24.3 Å². The van der Waals surface area contributed by atoms with E-state index in [1.165, 1.54) is 11.3 Å². The first-order valence-electron chi connectivity index (χ1n) is 5.48. The van der Waals surface area contributed by atoms with Crippen molar-refractivity contribution in [3.05, 3.63) is 52.2 Å². The maximum absolute atomic E-state index is 10.4. The molecule has 3 N–H and O–H groups in total. The van der Waals surface area contributed by atoms with Gasteiger partial charge in [-0.3, -0.25) is 0 Å². The van der Waals surface area contributed by atoms with Crippen LogP contribution in [0, 0.1) is 0 Å². The summed E-state index contributed by atoms with van der Waals surface area (Å²) in [6.07, 6.45) is 2.75. The molecule has 0 saturated carbocycles. The van der Waals surface area contributed by atoms with Crippen LogP contribution < -0.4 is 5.73 Å². The van der Waals surface area contributed by atoms with Crippen molar-refractivity contribution in [3.63, 3.8) is 0 Å². The van der Waals surface area contributed by atoms with Crippen LogP contribution in [0.4, 0.5) is 0 Å². The van der Waals surface area contributed by atoms with Gasteiger partial charge in [-0.2, -0.15) is 0 Å². The van der Waals surface area contributed by atoms with Crippen molar-refractivity contribution in [2.45, 2.75) is 6.54 Å². The lowest BCUT2D eigenvalue weighted by atomic mass is 10.1. The molecule has 1 heterocycles. The lowest BCUT2D eigenvalue weighted by molar-refractivity contribution is -0.131. The van der Waals surface area contributed by atoms with E-state index in [2.05, 4.69) is 0 Å². The number of rotatable bonds is 4. The minimum absolute atomic E-state index is 0.538. The molecule has 4 heteroatoms. The van der Waals surface area contributed by atoms with Crippen LogP contribution in [0.25, 0.3) is 17.2 Å². The molecule has 0 unspecified atom stereocenters. The maximum Gasteiger partial charge on any atom is 0.328 e.